The third-order valence-corrected chi connectivity index (χ3v) is 1.64. The molecule has 0 saturated carbocycles. The number of benzene rings is 1. The number of nitrogens with one attached hydrogen (secondary N) is 1. The van der Waals surface area contributed by atoms with Crippen molar-refractivity contribution in [2.45, 2.75) is 12.8 Å². The highest BCUT2D eigenvalue weighted by molar-refractivity contribution is 5.98. The fourth-order valence-electron chi connectivity index (χ4n) is 0.981. The van der Waals surface area contributed by atoms with Crippen LogP contribution < -0.4 is 0 Å². The molecule has 0 saturated heterocycles. The Hall–Kier alpha value is -1.55. The molecule has 0 aliphatic carbocycles. The number of rotatable bonds is 3. The SMILES string of the molecule is C#CCCC(=N)c1ccccc1. The zero-order chi connectivity index (χ0) is 8.81. The number of terminal acetylenes is 1. The molecular weight excluding hydrogens is 146 g/mol. The smallest absolute Gasteiger partial charge is 0.0395 e. The molecule has 0 bridgehead atoms. The topological polar surface area (TPSA) is 23.9 Å². The van der Waals surface area contributed by atoms with Crippen molar-refractivity contribution in [2.75, 3.05) is 0 Å². The minimum atomic E-state index is 0.619. The number of hydrogen-bond acceptors (Lipinski definition) is 1. The van der Waals surface area contributed by atoms with Crippen molar-refractivity contribution in [3.63, 3.8) is 0 Å². The Balaban J connectivity index is 2.61. The maximum Gasteiger partial charge on any atom is 0.0395 e. The Labute approximate surface area is 72.9 Å². The lowest BCUT2D eigenvalue weighted by atomic mass is 10.1. The first-order valence-corrected chi connectivity index (χ1v) is 3.91. The molecule has 0 amide bonds. The van der Waals surface area contributed by atoms with Gasteiger partial charge in [-0.2, -0.15) is 0 Å². The molecule has 0 fully saturated rings. The van der Waals surface area contributed by atoms with Gasteiger partial charge in [-0.25, -0.2) is 0 Å². The van der Waals surface area contributed by atoms with Crippen LogP contribution in [0.15, 0.2) is 30.3 Å². The second-order valence-corrected chi connectivity index (χ2v) is 2.55. The van der Waals surface area contributed by atoms with E-state index in [0.717, 1.165) is 5.56 Å². The Morgan fingerprint density at radius 2 is 2.00 bits per heavy atom. The number of hydrogen-bond donors (Lipinski definition) is 1. The van der Waals surface area contributed by atoms with Crippen molar-refractivity contribution in [3.8, 4) is 12.3 Å². The summed E-state index contributed by atoms with van der Waals surface area (Å²) in [7, 11) is 0. The molecule has 1 N–H and O–H groups in total. The van der Waals surface area contributed by atoms with Crippen molar-refractivity contribution >= 4 is 5.71 Å². The van der Waals surface area contributed by atoms with Crippen LogP contribution in [0.2, 0.25) is 0 Å². The summed E-state index contributed by atoms with van der Waals surface area (Å²) < 4.78 is 0. The standard InChI is InChI=1S/C11H11N/c1-2-3-9-11(12)10-7-5-4-6-8-10/h1,4-8,12H,3,9H2. The van der Waals surface area contributed by atoms with Crippen LogP contribution in [0, 0.1) is 17.8 Å². The molecule has 1 heteroatoms. The molecule has 1 aromatic rings. The molecule has 0 aliphatic heterocycles. The third-order valence-electron chi connectivity index (χ3n) is 1.64. The molecule has 0 aliphatic rings. The maximum atomic E-state index is 7.64. The molecule has 0 spiro atoms. The Kier molecular flexibility index (Phi) is 3.10. The molecule has 0 aromatic heterocycles. The van der Waals surface area contributed by atoms with Gasteiger partial charge in [0.1, 0.15) is 0 Å². The van der Waals surface area contributed by atoms with Gasteiger partial charge in [-0.15, -0.1) is 12.3 Å². The van der Waals surface area contributed by atoms with E-state index in [0.29, 0.717) is 18.6 Å². The highest BCUT2D eigenvalue weighted by atomic mass is 14.4. The predicted molar refractivity (Wildman–Crippen MR) is 51.3 cm³/mol. The van der Waals surface area contributed by atoms with Gasteiger partial charge in [-0.05, 0) is 5.56 Å². The Morgan fingerprint density at radius 3 is 2.58 bits per heavy atom. The first-order valence-electron chi connectivity index (χ1n) is 3.91. The average molecular weight is 157 g/mol. The molecule has 60 valence electrons. The minimum absolute atomic E-state index is 0.619. The lowest BCUT2D eigenvalue weighted by molar-refractivity contribution is 1.12. The molecule has 12 heavy (non-hydrogen) atoms. The molecule has 1 aromatic carbocycles. The monoisotopic (exact) mass is 157 g/mol. The summed E-state index contributed by atoms with van der Waals surface area (Å²) in [5.41, 5.74) is 1.58. The van der Waals surface area contributed by atoms with Crippen LogP contribution in [0.25, 0.3) is 0 Å². The van der Waals surface area contributed by atoms with Crippen LogP contribution in [0.1, 0.15) is 18.4 Å². The molecule has 1 nitrogen and oxygen atoms in total. The van der Waals surface area contributed by atoms with Crippen LogP contribution in [0.5, 0.6) is 0 Å². The van der Waals surface area contributed by atoms with E-state index >= 15 is 0 Å². The second kappa shape index (κ2) is 4.35. The summed E-state index contributed by atoms with van der Waals surface area (Å²) in [6, 6.07) is 9.66. The van der Waals surface area contributed by atoms with Crippen LogP contribution >= 0.6 is 0 Å². The molecular formula is C11H11N. The summed E-state index contributed by atoms with van der Waals surface area (Å²) >= 11 is 0. The fourth-order valence-corrected chi connectivity index (χ4v) is 0.981. The quantitative estimate of drug-likeness (QED) is 0.515. The summed E-state index contributed by atoms with van der Waals surface area (Å²) in [6.07, 6.45) is 6.42. The van der Waals surface area contributed by atoms with E-state index in [4.69, 9.17) is 11.8 Å². The van der Waals surface area contributed by atoms with Crippen LogP contribution in [0.3, 0.4) is 0 Å². The molecule has 0 radical (unpaired) electrons. The highest BCUT2D eigenvalue weighted by Gasteiger charge is 1.97. The predicted octanol–water partition coefficient (Wildman–Crippen LogP) is 2.47. The van der Waals surface area contributed by atoms with Gasteiger partial charge in [-0.1, -0.05) is 30.3 Å². The van der Waals surface area contributed by atoms with E-state index in [1.54, 1.807) is 0 Å². The Morgan fingerprint density at radius 1 is 1.33 bits per heavy atom. The minimum Gasteiger partial charge on any atom is -0.305 e. The molecule has 1 rings (SSSR count). The van der Waals surface area contributed by atoms with Crippen molar-refractivity contribution in [1.82, 2.24) is 0 Å². The van der Waals surface area contributed by atoms with Gasteiger partial charge in [0, 0.05) is 18.6 Å². The van der Waals surface area contributed by atoms with Crippen LogP contribution in [-0.4, -0.2) is 5.71 Å². The lowest BCUT2D eigenvalue weighted by Crippen LogP contribution is -1.97. The van der Waals surface area contributed by atoms with Gasteiger partial charge in [0.15, 0.2) is 0 Å². The van der Waals surface area contributed by atoms with Gasteiger partial charge in [0.2, 0.25) is 0 Å². The van der Waals surface area contributed by atoms with Crippen molar-refractivity contribution in [3.05, 3.63) is 35.9 Å². The van der Waals surface area contributed by atoms with E-state index in [2.05, 4.69) is 5.92 Å². The van der Waals surface area contributed by atoms with Gasteiger partial charge in [-0.3, -0.25) is 0 Å². The molecule has 0 heterocycles. The summed E-state index contributed by atoms with van der Waals surface area (Å²) in [5.74, 6) is 2.53. The van der Waals surface area contributed by atoms with E-state index in [1.165, 1.54) is 0 Å². The van der Waals surface area contributed by atoms with E-state index in [9.17, 15) is 0 Å². The van der Waals surface area contributed by atoms with Gasteiger partial charge < -0.3 is 5.41 Å². The van der Waals surface area contributed by atoms with Crippen molar-refractivity contribution in [2.24, 2.45) is 0 Å². The summed E-state index contributed by atoms with van der Waals surface area (Å²) in [4.78, 5) is 0. The molecule has 0 unspecified atom stereocenters. The van der Waals surface area contributed by atoms with Gasteiger partial charge >= 0.3 is 0 Å². The summed E-state index contributed by atoms with van der Waals surface area (Å²) in [6.45, 7) is 0. The zero-order valence-electron chi connectivity index (χ0n) is 6.88. The third kappa shape index (κ3) is 2.25. The normalized spacial score (nSPS) is 8.92. The first kappa shape index (κ1) is 8.55. The second-order valence-electron chi connectivity index (χ2n) is 2.55. The van der Waals surface area contributed by atoms with E-state index < -0.39 is 0 Å². The highest BCUT2D eigenvalue weighted by Crippen LogP contribution is 2.03. The largest absolute Gasteiger partial charge is 0.305 e. The first-order chi connectivity index (χ1) is 5.84. The van der Waals surface area contributed by atoms with E-state index in [-0.39, 0.29) is 0 Å². The Bertz CT molecular complexity index is 293. The van der Waals surface area contributed by atoms with E-state index in [1.807, 2.05) is 30.3 Å². The molecule has 0 atom stereocenters. The zero-order valence-corrected chi connectivity index (χ0v) is 6.88. The van der Waals surface area contributed by atoms with Crippen LogP contribution in [-0.2, 0) is 0 Å². The summed E-state index contributed by atoms with van der Waals surface area (Å²) in [5, 5.41) is 7.64. The van der Waals surface area contributed by atoms with Gasteiger partial charge in [0.25, 0.3) is 0 Å². The van der Waals surface area contributed by atoms with Crippen molar-refractivity contribution < 1.29 is 0 Å². The van der Waals surface area contributed by atoms with Crippen molar-refractivity contribution in [1.29, 1.82) is 5.41 Å². The lowest BCUT2D eigenvalue weighted by Gasteiger charge is -1.99. The maximum absolute atomic E-state index is 7.64. The average Bonchev–Trinajstić information content (AvgIpc) is 2.15. The van der Waals surface area contributed by atoms with Gasteiger partial charge in [0.05, 0.1) is 0 Å². The fraction of sp³-hybridized carbons (Fsp3) is 0.182. The van der Waals surface area contributed by atoms with Crippen LogP contribution in [0.4, 0.5) is 0 Å².